The summed E-state index contributed by atoms with van der Waals surface area (Å²) < 4.78 is 17.8. The van der Waals surface area contributed by atoms with Crippen LogP contribution in [0, 0.1) is 13.8 Å². The normalized spacial score (nSPS) is 12.6. The van der Waals surface area contributed by atoms with Crippen LogP contribution < -0.4 is 9.47 Å². The van der Waals surface area contributed by atoms with Crippen molar-refractivity contribution in [3.63, 3.8) is 0 Å². The van der Waals surface area contributed by atoms with Gasteiger partial charge in [-0.25, -0.2) is 4.79 Å². The molecule has 2 heterocycles. The Balaban J connectivity index is 1.96. The van der Waals surface area contributed by atoms with Gasteiger partial charge in [0, 0.05) is 22.8 Å². The topological polar surface area (TPSA) is 49.7 Å². The molecule has 0 saturated carbocycles. The Hall–Kier alpha value is -2.95. The van der Waals surface area contributed by atoms with Crippen molar-refractivity contribution in [2.45, 2.75) is 13.8 Å². The molecule has 1 aliphatic rings. The SMILES string of the molecule is COC(=O)c1ccc2c(C)c(C)n(-c3ccc4c(c3)OCO4)c2c1. The quantitative estimate of drug-likeness (QED) is 0.674. The standard InChI is InChI=1S/C19H17NO4/c1-11-12(2)20(14-5-7-17-18(9-14)24-10-23-17)16-8-13(19(21)22-3)4-6-15(11)16/h4-9H,10H2,1-3H3. The van der Waals surface area contributed by atoms with Crippen LogP contribution >= 0.6 is 0 Å². The average Bonchev–Trinajstić information content (AvgIpc) is 3.16. The van der Waals surface area contributed by atoms with Crippen LogP contribution in [0.15, 0.2) is 36.4 Å². The third-order valence-electron chi connectivity index (χ3n) is 4.56. The van der Waals surface area contributed by atoms with Crippen LogP contribution in [0.5, 0.6) is 11.5 Å². The third kappa shape index (κ3) is 2.05. The molecule has 24 heavy (non-hydrogen) atoms. The van der Waals surface area contributed by atoms with Gasteiger partial charge in [0.2, 0.25) is 6.79 Å². The van der Waals surface area contributed by atoms with Crippen molar-refractivity contribution in [1.29, 1.82) is 0 Å². The number of ether oxygens (including phenoxy) is 3. The van der Waals surface area contributed by atoms with E-state index in [2.05, 4.69) is 18.4 Å². The van der Waals surface area contributed by atoms with E-state index in [0.29, 0.717) is 5.56 Å². The lowest BCUT2D eigenvalue weighted by molar-refractivity contribution is 0.0601. The van der Waals surface area contributed by atoms with Gasteiger partial charge in [-0.05, 0) is 43.7 Å². The molecule has 0 aliphatic carbocycles. The summed E-state index contributed by atoms with van der Waals surface area (Å²) in [6.07, 6.45) is 0. The van der Waals surface area contributed by atoms with Gasteiger partial charge < -0.3 is 18.8 Å². The van der Waals surface area contributed by atoms with E-state index in [4.69, 9.17) is 14.2 Å². The zero-order chi connectivity index (χ0) is 16.8. The van der Waals surface area contributed by atoms with Crippen LogP contribution in [-0.4, -0.2) is 24.4 Å². The third-order valence-corrected chi connectivity index (χ3v) is 4.56. The molecule has 0 radical (unpaired) electrons. The minimum atomic E-state index is -0.342. The molecule has 0 unspecified atom stereocenters. The minimum absolute atomic E-state index is 0.246. The Morgan fingerprint density at radius 1 is 1.08 bits per heavy atom. The molecule has 2 aromatic carbocycles. The number of esters is 1. The van der Waals surface area contributed by atoms with E-state index < -0.39 is 0 Å². The highest BCUT2D eigenvalue weighted by molar-refractivity contribution is 5.96. The van der Waals surface area contributed by atoms with Gasteiger partial charge in [0.05, 0.1) is 18.2 Å². The van der Waals surface area contributed by atoms with Gasteiger partial charge >= 0.3 is 5.97 Å². The molecule has 0 saturated heterocycles. The predicted molar refractivity (Wildman–Crippen MR) is 90.2 cm³/mol. The van der Waals surface area contributed by atoms with Crippen molar-refractivity contribution >= 4 is 16.9 Å². The van der Waals surface area contributed by atoms with Crippen molar-refractivity contribution in [2.24, 2.45) is 0 Å². The molecule has 0 fully saturated rings. The van der Waals surface area contributed by atoms with Gasteiger partial charge in [0.15, 0.2) is 11.5 Å². The first kappa shape index (κ1) is 14.6. The molecule has 5 heteroatoms. The number of carbonyl (C=O) groups is 1. The number of benzene rings is 2. The van der Waals surface area contributed by atoms with Crippen LogP contribution in [0.2, 0.25) is 0 Å². The first-order valence-corrected chi connectivity index (χ1v) is 7.70. The van der Waals surface area contributed by atoms with Crippen molar-refractivity contribution in [1.82, 2.24) is 4.57 Å². The summed E-state index contributed by atoms with van der Waals surface area (Å²) >= 11 is 0. The first-order chi connectivity index (χ1) is 11.6. The lowest BCUT2D eigenvalue weighted by Crippen LogP contribution is -2.02. The molecule has 5 nitrogen and oxygen atoms in total. The number of methoxy groups -OCH3 is 1. The van der Waals surface area contributed by atoms with E-state index in [-0.39, 0.29) is 12.8 Å². The number of nitrogens with zero attached hydrogens (tertiary/aromatic N) is 1. The van der Waals surface area contributed by atoms with Gasteiger partial charge in [0.25, 0.3) is 0 Å². The molecule has 0 amide bonds. The summed E-state index contributed by atoms with van der Waals surface area (Å²) in [6.45, 7) is 4.40. The van der Waals surface area contributed by atoms with Crippen LogP contribution in [0.3, 0.4) is 0 Å². The van der Waals surface area contributed by atoms with Crippen LogP contribution in [0.1, 0.15) is 21.6 Å². The number of hydrogen-bond donors (Lipinski definition) is 0. The number of fused-ring (bicyclic) bond motifs is 2. The number of rotatable bonds is 2. The summed E-state index contributed by atoms with van der Waals surface area (Å²) in [7, 11) is 1.39. The molecule has 0 N–H and O–H groups in total. The maximum absolute atomic E-state index is 11.9. The second-order valence-electron chi connectivity index (χ2n) is 5.81. The lowest BCUT2D eigenvalue weighted by Gasteiger charge is -2.10. The van der Waals surface area contributed by atoms with Gasteiger partial charge in [-0.2, -0.15) is 0 Å². The fourth-order valence-corrected chi connectivity index (χ4v) is 3.18. The Morgan fingerprint density at radius 3 is 2.67 bits per heavy atom. The van der Waals surface area contributed by atoms with Crippen molar-refractivity contribution in [3.8, 4) is 17.2 Å². The second-order valence-corrected chi connectivity index (χ2v) is 5.81. The zero-order valence-electron chi connectivity index (χ0n) is 13.8. The molecule has 0 spiro atoms. The Labute approximate surface area is 139 Å². The Kier molecular flexibility index (Phi) is 3.23. The van der Waals surface area contributed by atoms with E-state index in [1.165, 1.54) is 12.7 Å². The summed E-state index contributed by atoms with van der Waals surface area (Å²) in [5.41, 5.74) is 4.76. The molecule has 122 valence electrons. The maximum Gasteiger partial charge on any atom is 0.337 e. The van der Waals surface area contributed by atoms with Gasteiger partial charge in [-0.3, -0.25) is 0 Å². The highest BCUT2D eigenvalue weighted by Gasteiger charge is 2.18. The van der Waals surface area contributed by atoms with Crippen molar-refractivity contribution < 1.29 is 19.0 Å². The van der Waals surface area contributed by atoms with E-state index in [9.17, 15) is 4.79 Å². The van der Waals surface area contributed by atoms with Crippen LogP contribution in [-0.2, 0) is 4.74 Å². The molecule has 1 aromatic heterocycles. The molecular weight excluding hydrogens is 306 g/mol. The predicted octanol–water partition coefficient (Wildman–Crippen LogP) is 3.76. The first-order valence-electron chi connectivity index (χ1n) is 7.70. The summed E-state index contributed by atoms with van der Waals surface area (Å²) in [5, 5.41) is 1.11. The van der Waals surface area contributed by atoms with Crippen LogP contribution in [0.25, 0.3) is 16.6 Å². The van der Waals surface area contributed by atoms with Gasteiger partial charge in [-0.1, -0.05) is 6.07 Å². The van der Waals surface area contributed by atoms with E-state index in [0.717, 1.165) is 33.8 Å². The molecule has 4 rings (SSSR count). The monoisotopic (exact) mass is 323 g/mol. The largest absolute Gasteiger partial charge is 0.465 e. The second kappa shape index (κ2) is 5.30. The van der Waals surface area contributed by atoms with E-state index in [1.54, 1.807) is 6.07 Å². The summed E-state index contributed by atoms with van der Waals surface area (Å²) in [5.74, 6) is 1.14. The molecule has 0 bridgehead atoms. The van der Waals surface area contributed by atoms with Gasteiger partial charge in [0.1, 0.15) is 0 Å². The highest BCUT2D eigenvalue weighted by Crippen LogP contribution is 2.36. The zero-order valence-corrected chi connectivity index (χ0v) is 13.8. The highest BCUT2D eigenvalue weighted by atomic mass is 16.7. The number of aromatic nitrogens is 1. The summed E-state index contributed by atoms with van der Waals surface area (Å²) in [6, 6.07) is 11.5. The van der Waals surface area contributed by atoms with Gasteiger partial charge in [-0.15, -0.1) is 0 Å². The Morgan fingerprint density at radius 2 is 1.88 bits per heavy atom. The number of carbonyl (C=O) groups excluding carboxylic acids is 1. The van der Waals surface area contributed by atoms with E-state index >= 15 is 0 Å². The molecular formula is C19H17NO4. The molecule has 1 aliphatic heterocycles. The van der Waals surface area contributed by atoms with E-state index in [1.807, 2.05) is 30.3 Å². The lowest BCUT2D eigenvalue weighted by atomic mass is 10.1. The molecule has 0 atom stereocenters. The fourth-order valence-electron chi connectivity index (χ4n) is 3.18. The Bertz CT molecular complexity index is 971. The average molecular weight is 323 g/mol. The van der Waals surface area contributed by atoms with Crippen molar-refractivity contribution in [3.05, 3.63) is 53.2 Å². The molecule has 3 aromatic rings. The minimum Gasteiger partial charge on any atom is -0.465 e. The fraction of sp³-hybridized carbons (Fsp3) is 0.211. The number of hydrogen-bond acceptors (Lipinski definition) is 4. The van der Waals surface area contributed by atoms with Crippen molar-refractivity contribution in [2.75, 3.05) is 13.9 Å². The summed E-state index contributed by atoms with van der Waals surface area (Å²) in [4.78, 5) is 11.9. The smallest absolute Gasteiger partial charge is 0.337 e. The number of aryl methyl sites for hydroxylation is 1. The maximum atomic E-state index is 11.9. The van der Waals surface area contributed by atoms with Crippen LogP contribution in [0.4, 0.5) is 0 Å².